The highest BCUT2D eigenvalue weighted by molar-refractivity contribution is 6.33. The number of pyridine rings is 1. The number of hydrogen-bond acceptors (Lipinski definition) is 4. The molecule has 19 heavy (non-hydrogen) atoms. The molecule has 0 bridgehead atoms. The van der Waals surface area contributed by atoms with Gasteiger partial charge in [0.25, 0.3) is 5.91 Å². The molecule has 6 heteroatoms. The zero-order chi connectivity index (χ0) is 14.0. The summed E-state index contributed by atoms with van der Waals surface area (Å²) in [6.45, 7) is 4.98. The highest BCUT2D eigenvalue weighted by atomic mass is 35.5. The van der Waals surface area contributed by atoms with Crippen molar-refractivity contribution in [3.8, 4) is 0 Å². The minimum Gasteiger partial charge on any atom is -0.355 e. The highest BCUT2D eigenvalue weighted by Crippen LogP contribution is 2.22. The van der Waals surface area contributed by atoms with Crippen LogP contribution in [0.3, 0.4) is 0 Å². The molecule has 2 rings (SSSR count). The van der Waals surface area contributed by atoms with Crippen LogP contribution < -0.4 is 10.2 Å². The zero-order valence-electron chi connectivity index (χ0n) is 11.5. The van der Waals surface area contributed by atoms with Crippen molar-refractivity contribution in [1.82, 2.24) is 15.2 Å². The fraction of sp³-hybridized carbons (Fsp3) is 0.538. The number of anilines is 1. The number of aromatic nitrogens is 1. The van der Waals surface area contributed by atoms with Crippen LogP contribution in [0.5, 0.6) is 0 Å². The lowest BCUT2D eigenvalue weighted by atomic mass is 10.2. The van der Waals surface area contributed by atoms with Crippen molar-refractivity contribution in [2.45, 2.75) is 13.0 Å². The quantitative estimate of drug-likeness (QED) is 0.887. The second-order valence-corrected chi connectivity index (χ2v) is 5.28. The van der Waals surface area contributed by atoms with Gasteiger partial charge in [0.1, 0.15) is 5.82 Å². The molecule has 1 aromatic rings. The summed E-state index contributed by atoms with van der Waals surface area (Å²) >= 11 is 6.01. The van der Waals surface area contributed by atoms with Crippen LogP contribution in [0.2, 0.25) is 5.02 Å². The summed E-state index contributed by atoms with van der Waals surface area (Å²) < 4.78 is 0. The van der Waals surface area contributed by atoms with Crippen molar-refractivity contribution in [1.29, 1.82) is 0 Å². The summed E-state index contributed by atoms with van der Waals surface area (Å²) in [5, 5.41) is 2.97. The van der Waals surface area contributed by atoms with Gasteiger partial charge in [-0.15, -0.1) is 0 Å². The molecule has 1 fully saturated rings. The fourth-order valence-corrected chi connectivity index (χ4v) is 2.35. The van der Waals surface area contributed by atoms with Crippen LogP contribution in [0.15, 0.2) is 12.3 Å². The van der Waals surface area contributed by atoms with Crippen LogP contribution in [0, 0.1) is 0 Å². The Morgan fingerprint density at radius 3 is 2.89 bits per heavy atom. The van der Waals surface area contributed by atoms with Crippen LogP contribution >= 0.6 is 11.6 Å². The zero-order valence-corrected chi connectivity index (χ0v) is 12.2. The molecule has 1 unspecified atom stereocenters. The van der Waals surface area contributed by atoms with Gasteiger partial charge in [-0.2, -0.15) is 0 Å². The van der Waals surface area contributed by atoms with Gasteiger partial charge in [0.15, 0.2) is 0 Å². The van der Waals surface area contributed by atoms with E-state index in [0.29, 0.717) is 16.6 Å². The summed E-state index contributed by atoms with van der Waals surface area (Å²) in [5.74, 6) is 0.624. The Morgan fingerprint density at radius 1 is 1.53 bits per heavy atom. The third kappa shape index (κ3) is 2.98. The number of carbonyl (C=O) groups is 1. The van der Waals surface area contributed by atoms with Gasteiger partial charge in [-0.05, 0) is 20.0 Å². The Balaban J connectivity index is 2.24. The lowest BCUT2D eigenvalue weighted by molar-refractivity contribution is 0.0963. The fourth-order valence-electron chi connectivity index (χ4n) is 2.17. The van der Waals surface area contributed by atoms with Gasteiger partial charge in [0.2, 0.25) is 0 Å². The van der Waals surface area contributed by atoms with E-state index in [1.165, 1.54) is 0 Å². The number of carbonyl (C=O) groups excluding carboxylic acids is 1. The monoisotopic (exact) mass is 282 g/mol. The van der Waals surface area contributed by atoms with Gasteiger partial charge < -0.3 is 15.1 Å². The molecule has 0 aromatic carbocycles. The second kappa shape index (κ2) is 5.75. The summed E-state index contributed by atoms with van der Waals surface area (Å²) in [6, 6.07) is 2.23. The van der Waals surface area contributed by atoms with Crippen LogP contribution in [-0.2, 0) is 0 Å². The first-order valence-electron chi connectivity index (χ1n) is 6.35. The van der Waals surface area contributed by atoms with Gasteiger partial charge in [-0.25, -0.2) is 4.98 Å². The first-order chi connectivity index (χ1) is 9.02. The maximum atomic E-state index is 11.7. The predicted octanol–water partition coefficient (Wildman–Crippen LogP) is 1.23. The van der Waals surface area contributed by atoms with Crippen molar-refractivity contribution in [2.24, 2.45) is 0 Å². The van der Waals surface area contributed by atoms with Crippen molar-refractivity contribution in [3.63, 3.8) is 0 Å². The van der Waals surface area contributed by atoms with Gasteiger partial charge >= 0.3 is 0 Å². The lowest BCUT2D eigenvalue weighted by Crippen LogP contribution is -2.50. The van der Waals surface area contributed by atoms with E-state index in [-0.39, 0.29) is 5.91 Å². The number of halogens is 1. The first kappa shape index (κ1) is 14.1. The van der Waals surface area contributed by atoms with Gasteiger partial charge in [0, 0.05) is 38.9 Å². The van der Waals surface area contributed by atoms with E-state index in [0.717, 1.165) is 25.5 Å². The smallest absolute Gasteiger partial charge is 0.252 e. The average Bonchev–Trinajstić information content (AvgIpc) is 2.41. The summed E-state index contributed by atoms with van der Waals surface area (Å²) in [4.78, 5) is 20.6. The van der Waals surface area contributed by atoms with E-state index in [1.807, 2.05) is 0 Å². The van der Waals surface area contributed by atoms with Crippen molar-refractivity contribution in [3.05, 3.63) is 22.8 Å². The van der Waals surface area contributed by atoms with E-state index in [2.05, 4.69) is 34.1 Å². The molecule has 1 atom stereocenters. The molecule has 0 aliphatic carbocycles. The molecule has 0 spiro atoms. The molecule has 0 saturated carbocycles. The number of rotatable bonds is 2. The van der Waals surface area contributed by atoms with E-state index in [1.54, 1.807) is 19.3 Å². The number of likely N-dealkylation sites (N-methyl/N-ethyl adjacent to an activating group) is 1. The normalized spacial score (nSPS) is 20.4. The molecule has 1 aliphatic heterocycles. The Labute approximate surface area is 118 Å². The molecule has 104 valence electrons. The molecule has 1 amide bonds. The van der Waals surface area contributed by atoms with E-state index >= 15 is 0 Å². The summed E-state index contributed by atoms with van der Waals surface area (Å²) in [5.41, 5.74) is 0.473. The number of hydrogen-bond donors (Lipinski definition) is 1. The molecule has 1 aliphatic rings. The van der Waals surface area contributed by atoms with Crippen molar-refractivity contribution >= 4 is 23.3 Å². The average molecular weight is 283 g/mol. The number of amides is 1. The maximum Gasteiger partial charge on any atom is 0.252 e. The standard InChI is InChI=1S/C13H19ClN4O/c1-9-8-18(5-4-17(9)3)12-6-10(13(19)15-2)11(14)7-16-12/h6-7,9H,4-5,8H2,1-3H3,(H,15,19). The molecular weight excluding hydrogens is 264 g/mol. The largest absolute Gasteiger partial charge is 0.355 e. The van der Waals surface area contributed by atoms with Crippen LogP contribution in [0.25, 0.3) is 0 Å². The summed E-state index contributed by atoms with van der Waals surface area (Å²) in [7, 11) is 3.71. The summed E-state index contributed by atoms with van der Waals surface area (Å²) in [6.07, 6.45) is 1.55. The number of nitrogens with one attached hydrogen (secondary N) is 1. The molecule has 1 N–H and O–H groups in total. The molecule has 2 heterocycles. The topological polar surface area (TPSA) is 48.5 Å². The molecule has 5 nitrogen and oxygen atoms in total. The van der Waals surface area contributed by atoms with Gasteiger partial charge in [-0.3, -0.25) is 4.79 Å². The Hall–Kier alpha value is -1.33. The number of piperazine rings is 1. The van der Waals surface area contributed by atoms with Crippen molar-refractivity contribution < 1.29 is 4.79 Å². The second-order valence-electron chi connectivity index (χ2n) is 4.88. The minimum absolute atomic E-state index is 0.184. The third-order valence-corrected chi connectivity index (χ3v) is 3.90. The Kier molecular flexibility index (Phi) is 4.27. The highest BCUT2D eigenvalue weighted by Gasteiger charge is 2.22. The number of nitrogens with zero attached hydrogens (tertiary/aromatic N) is 3. The molecule has 0 radical (unpaired) electrons. The molecule has 1 aromatic heterocycles. The predicted molar refractivity (Wildman–Crippen MR) is 76.9 cm³/mol. The third-order valence-electron chi connectivity index (χ3n) is 3.60. The van der Waals surface area contributed by atoms with E-state index in [9.17, 15) is 4.79 Å². The molecule has 1 saturated heterocycles. The molecular formula is C13H19ClN4O. The van der Waals surface area contributed by atoms with Crippen LogP contribution in [-0.4, -0.2) is 55.6 Å². The van der Waals surface area contributed by atoms with Crippen LogP contribution in [0.1, 0.15) is 17.3 Å². The lowest BCUT2D eigenvalue weighted by Gasteiger charge is -2.38. The minimum atomic E-state index is -0.184. The van der Waals surface area contributed by atoms with E-state index in [4.69, 9.17) is 11.6 Å². The Bertz CT molecular complexity index is 480. The SMILES string of the molecule is CNC(=O)c1cc(N2CCN(C)C(C)C2)ncc1Cl. The van der Waals surface area contributed by atoms with Crippen molar-refractivity contribution in [2.75, 3.05) is 38.6 Å². The van der Waals surface area contributed by atoms with E-state index < -0.39 is 0 Å². The Morgan fingerprint density at radius 2 is 2.26 bits per heavy atom. The van der Waals surface area contributed by atoms with Gasteiger partial charge in [-0.1, -0.05) is 11.6 Å². The van der Waals surface area contributed by atoms with Crippen LogP contribution in [0.4, 0.5) is 5.82 Å². The van der Waals surface area contributed by atoms with Gasteiger partial charge in [0.05, 0.1) is 10.6 Å². The maximum absolute atomic E-state index is 11.7. The first-order valence-corrected chi connectivity index (χ1v) is 6.73.